The first kappa shape index (κ1) is 19.2. The van der Waals surface area contributed by atoms with Crippen LogP contribution >= 0.6 is 0 Å². The largest absolute Gasteiger partial charge is 0.491 e. The molecular formula is C19H21FN2O4S. The van der Waals surface area contributed by atoms with Crippen molar-refractivity contribution in [1.29, 1.82) is 0 Å². The van der Waals surface area contributed by atoms with E-state index in [0.717, 1.165) is 5.56 Å². The standard InChI is InChI=1S/C19H21FN2O4S/c1-2-27(24,25)17-5-3-4-14(10-17)12-21-19(23)22-8-9-26-18-11-16(20)7-6-15(18)13-22/h3-7,10-11H,2,8-9,12-13H2,1H3,(H,21,23). The lowest BCUT2D eigenvalue weighted by Crippen LogP contribution is -2.40. The van der Waals surface area contributed by atoms with Gasteiger partial charge in [-0.15, -0.1) is 0 Å². The normalized spacial score (nSPS) is 14.1. The number of hydrogen-bond acceptors (Lipinski definition) is 4. The number of carbonyl (C=O) groups excluding carboxylic acids is 1. The molecule has 0 saturated heterocycles. The van der Waals surface area contributed by atoms with Gasteiger partial charge in [0, 0.05) is 18.2 Å². The molecule has 8 heteroatoms. The summed E-state index contributed by atoms with van der Waals surface area (Å²) in [5.41, 5.74) is 1.44. The lowest BCUT2D eigenvalue weighted by Gasteiger charge is -2.20. The third-order valence-electron chi connectivity index (χ3n) is 4.38. The molecular weight excluding hydrogens is 371 g/mol. The Bertz CT molecular complexity index is 946. The van der Waals surface area contributed by atoms with Crippen LogP contribution in [-0.2, 0) is 22.9 Å². The highest BCUT2D eigenvalue weighted by Gasteiger charge is 2.20. The van der Waals surface area contributed by atoms with Gasteiger partial charge in [-0.2, -0.15) is 0 Å². The number of carbonyl (C=O) groups is 1. The van der Waals surface area contributed by atoms with Gasteiger partial charge in [0.25, 0.3) is 0 Å². The van der Waals surface area contributed by atoms with Gasteiger partial charge in [-0.05, 0) is 23.8 Å². The maximum atomic E-state index is 13.3. The number of ether oxygens (including phenoxy) is 1. The fraction of sp³-hybridized carbons (Fsp3) is 0.316. The molecule has 2 aromatic carbocycles. The molecule has 0 atom stereocenters. The highest BCUT2D eigenvalue weighted by atomic mass is 32.2. The summed E-state index contributed by atoms with van der Waals surface area (Å²) in [4.78, 5) is 14.3. The Kier molecular flexibility index (Phi) is 5.65. The van der Waals surface area contributed by atoms with Crippen molar-refractivity contribution < 1.29 is 22.3 Å². The van der Waals surface area contributed by atoms with E-state index in [-0.39, 0.29) is 35.6 Å². The van der Waals surface area contributed by atoms with E-state index in [1.54, 1.807) is 42.2 Å². The summed E-state index contributed by atoms with van der Waals surface area (Å²) in [6, 6.07) is 10.5. The second-order valence-corrected chi connectivity index (χ2v) is 8.51. The molecule has 0 aromatic heterocycles. The average Bonchev–Trinajstić information content (AvgIpc) is 2.88. The Morgan fingerprint density at radius 2 is 2.07 bits per heavy atom. The summed E-state index contributed by atoms with van der Waals surface area (Å²) < 4.78 is 42.8. The van der Waals surface area contributed by atoms with Gasteiger partial charge in [-0.3, -0.25) is 0 Å². The van der Waals surface area contributed by atoms with E-state index >= 15 is 0 Å². The number of urea groups is 1. The molecule has 0 fully saturated rings. The van der Waals surface area contributed by atoms with Crippen molar-refractivity contribution >= 4 is 15.9 Å². The molecule has 0 spiro atoms. The number of amides is 2. The van der Waals surface area contributed by atoms with Gasteiger partial charge in [0.1, 0.15) is 18.2 Å². The summed E-state index contributed by atoms with van der Waals surface area (Å²) in [6.45, 7) is 2.75. The van der Waals surface area contributed by atoms with Gasteiger partial charge >= 0.3 is 6.03 Å². The number of nitrogens with one attached hydrogen (secondary N) is 1. The minimum atomic E-state index is -3.29. The van der Waals surface area contributed by atoms with Gasteiger partial charge in [0.2, 0.25) is 0 Å². The van der Waals surface area contributed by atoms with Crippen molar-refractivity contribution in [2.24, 2.45) is 0 Å². The quantitative estimate of drug-likeness (QED) is 0.868. The van der Waals surface area contributed by atoms with Crippen LogP contribution in [0.25, 0.3) is 0 Å². The second kappa shape index (κ2) is 7.96. The molecule has 1 aliphatic heterocycles. The van der Waals surface area contributed by atoms with Crippen molar-refractivity contribution in [2.45, 2.75) is 24.9 Å². The summed E-state index contributed by atoms with van der Waals surface area (Å²) in [5, 5.41) is 2.80. The molecule has 0 aliphatic carbocycles. The molecule has 144 valence electrons. The van der Waals surface area contributed by atoms with Gasteiger partial charge in [0.05, 0.1) is 23.7 Å². The first-order chi connectivity index (χ1) is 12.9. The zero-order valence-electron chi connectivity index (χ0n) is 14.9. The van der Waals surface area contributed by atoms with Crippen LogP contribution in [0.4, 0.5) is 9.18 Å². The van der Waals surface area contributed by atoms with Crippen molar-refractivity contribution in [3.8, 4) is 5.75 Å². The Morgan fingerprint density at radius 1 is 1.26 bits per heavy atom. The van der Waals surface area contributed by atoms with Crippen molar-refractivity contribution in [1.82, 2.24) is 10.2 Å². The topological polar surface area (TPSA) is 75.7 Å². The lowest BCUT2D eigenvalue weighted by molar-refractivity contribution is 0.187. The summed E-state index contributed by atoms with van der Waals surface area (Å²) >= 11 is 0. The third kappa shape index (κ3) is 4.57. The Morgan fingerprint density at radius 3 is 2.85 bits per heavy atom. The van der Waals surface area contributed by atoms with E-state index in [1.165, 1.54) is 12.1 Å². The highest BCUT2D eigenvalue weighted by molar-refractivity contribution is 7.91. The van der Waals surface area contributed by atoms with Crippen LogP contribution in [0, 0.1) is 5.82 Å². The molecule has 0 unspecified atom stereocenters. The average molecular weight is 392 g/mol. The van der Waals surface area contributed by atoms with Crippen LogP contribution < -0.4 is 10.1 Å². The Labute approximate surface area is 157 Å². The molecule has 1 heterocycles. The zero-order chi connectivity index (χ0) is 19.4. The summed E-state index contributed by atoms with van der Waals surface area (Å²) in [7, 11) is -3.29. The van der Waals surface area contributed by atoms with E-state index in [1.807, 2.05) is 0 Å². The van der Waals surface area contributed by atoms with Crippen LogP contribution in [0.2, 0.25) is 0 Å². The predicted molar refractivity (Wildman–Crippen MR) is 98.7 cm³/mol. The molecule has 27 heavy (non-hydrogen) atoms. The molecule has 3 rings (SSSR count). The van der Waals surface area contributed by atoms with Gasteiger partial charge in [0.15, 0.2) is 9.84 Å². The fourth-order valence-corrected chi connectivity index (χ4v) is 3.77. The molecule has 1 N–H and O–H groups in total. The summed E-state index contributed by atoms with van der Waals surface area (Å²) in [6.07, 6.45) is 0. The third-order valence-corrected chi connectivity index (χ3v) is 6.11. The molecule has 2 amide bonds. The number of sulfone groups is 1. The first-order valence-corrected chi connectivity index (χ1v) is 10.3. The van der Waals surface area contributed by atoms with Crippen LogP contribution in [-0.4, -0.2) is 38.3 Å². The number of halogens is 1. The number of hydrogen-bond donors (Lipinski definition) is 1. The van der Waals surface area contributed by atoms with Crippen molar-refractivity contribution in [3.05, 3.63) is 59.4 Å². The van der Waals surface area contributed by atoms with Gasteiger partial charge in [-0.1, -0.05) is 25.1 Å². The SMILES string of the molecule is CCS(=O)(=O)c1cccc(CNC(=O)N2CCOc3cc(F)ccc3C2)c1. The minimum absolute atomic E-state index is 0.0244. The van der Waals surface area contributed by atoms with E-state index in [2.05, 4.69) is 5.32 Å². The molecule has 1 aliphatic rings. The first-order valence-electron chi connectivity index (χ1n) is 8.65. The highest BCUT2D eigenvalue weighted by Crippen LogP contribution is 2.24. The zero-order valence-corrected chi connectivity index (χ0v) is 15.8. The Hall–Kier alpha value is -2.61. The molecule has 2 aromatic rings. The smallest absolute Gasteiger partial charge is 0.318 e. The Balaban J connectivity index is 1.66. The van der Waals surface area contributed by atoms with Crippen LogP contribution in [0.15, 0.2) is 47.4 Å². The number of nitrogens with zero attached hydrogens (tertiary/aromatic N) is 1. The van der Waals surface area contributed by atoms with E-state index in [4.69, 9.17) is 4.74 Å². The molecule has 6 nitrogen and oxygen atoms in total. The number of rotatable bonds is 4. The van der Waals surface area contributed by atoms with E-state index in [9.17, 15) is 17.6 Å². The monoisotopic (exact) mass is 392 g/mol. The maximum Gasteiger partial charge on any atom is 0.318 e. The maximum absolute atomic E-state index is 13.3. The number of benzene rings is 2. The van der Waals surface area contributed by atoms with Crippen LogP contribution in [0.3, 0.4) is 0 Å². The molecule has 0 bridgehead atoms. The number of fused-ring (bicyclic) bond motifs is 1. The summed E-state index contributed by atoms with van der Waals surface area (Å²) in [5.74, 6) is 0.0905. The van der Waals surface area contributed by atoms with E-state index in [0.29, 0.717) is 24.4 Å². The van der Waals surface area contributed by atoms with Gasteiger partial charge < -0.3 is 15.0 Å². The van der Waals surface area contributed by atoms with E-state index < -0.39 is 9.84 Å². The van der Waals surface area contributed by atoms with Crippen LogP contribution in [0.1, 0.15) is 18.1 Å². The lowest BCUT2D eigenvalue weighted by atomic mass is 10.2. The molecule has 0 radical (unpaired) electrons. The predicted octanol–water partition coefficient (Wildman–Crippen LogP) is 2.72. The van der Waals surface area contributed by atoms with Crippen LogP contribution in [0.5, 0.6) is 5.75 Å². The molecule has 0 saturated carbocycles. The minimum Gasteiger partial charge on any atom is -0.491 e. The van der Waals surface area contributed by atoms with Crippen molar-refractivity contribution in [3.63, 3.8) is 0 Å². The van der Waals surface area contributed by atoms with Gasteiger partial charge in [-0.25, -0.2) is 17.6 Å². The van der Waals surface area contributed by atoms with Crippen molar-refractivity contribution in [2.75, 3.05) is 18.9 Å². The fourth-order valence-electron chi connectivity index (χ4n) is 2.82. The second-order valence-electron chi connectivity index (χ2n) is 6.23.